The molecule has 1 saturated carbocycles. The molecule has 1 heterocycles. The number of ether oxygens (including phenoxy) is 3. The van der Waals surface area contributed by atoms with Crippen LogP contribution < -0.4 is 0 Å². The van der Waals surface area contributed by atoms with E-state index in [0.29, 0.717) is 13.2 Å². The maximum absolute atomic E-state index is 10.0. The van der Waals surface area contributed by atoms with Gasteiger partial charge in [0.15, 0.2) is 6.29 Å². The summed E-state index contributed by atoms with van der Waals surface area (Å²) in [6.07, 6.45) is 8.43. The topological polar surface area (TPSA) is 47.9 Å². The van der Waals surface area contributed by atoms with Gasteiger partial charge in [-0.1, -0.05) is 55.7 Å². The van der Waals surface area contributed by atoms with Crippen molar-refractivity contribution in [3.63, 3.8) is 0 Å². The second-order valence-corrected chi connectivity index (χ2v) is 6.32. The van der Waals surface area contributed by atoms with Crippen LogP contribution in [0.15, 0.2) is 42.5 Å². The van der Waals surface area contributed by atoms with E-state index in [1.165, 1.54) is 19.3 Å². The number of aliphatic hydroxyl groups excluding tert-OH is 1. The predicted octanol–water partition coefficient (Wildman–Crippen LogP) is 3.19. The lowest BCUT2D eigenvalue weighted by atomic mass is 9.98. The Balaban J connectivity index is 1.44. The Hall–Kier alpha value is -1.20. The summed E-state index contributed by atoms with van der Waals surface area (Å²) in [5.41, 5.74) is 1.11. The molecule has 1 aromatic carbocycles. The second-order valence-electron chi connectivity index (χ2n) is 6.32. The first-order chi connectivity index (χ1) is 11.3. The molecule has 4 nitrogen and oxygen atoms in total. The van der Waals surface area contributed by atoms with Crippen molar-refractivity contribution in [2.24, 2.45) is 0 Å². The zero-order chi connectivity index (χ0) is 15.9. The molecule has 0 unspecified atom stereocenters. The van der Waals surface area contributed by atoms with Gasteiger partial charge in [0, 0.05) is 0 Å². The van der Waals surface area contributed by atoms with Gasteiger partial charge in [-0.05, 0) is 24.5 Å². The Morgan fingerprint density at radius 1 is 1.04 bits per heavy atom. The van der Waals surface area contributed by atoms with E-state index in [0.717, 1.165) is 18.4 Å². The average Bonchev–Trinajstić information content (AvgIpc) is 2.59. The van der Waals surface area contributed by atoms with Crippen molar-refractivity contribution in [1.82, 2.24) is 0 Å². The van der Waals surface area contributed by atoms with Crippen LogP contribution in [0.25, 0.3) is 0 Å². The molecular weight excluding hydrogens is 292 g/mol. The number of aliphatic hydroxyl groups is 1. The molecular formula is C19H26O4. The smallest absolute Gasteiger partial charge is 0.177 e. The molecule has 0 amide bonds. The van der Waals surface area contributed by atoms with Crippen molar-refractivity contribution in [2.75, 3.05) is 6.61 Å². The van der Waals surface area contributed by atoms with E-state index < -0.39 is 6.10 Å². The molecule has 0 bridgehead atoms. The zero-order valence-corrected chi connectivity index (χ0v) is 13.5. The SMILES string of the molecule is O[C@@H]1C=C[C@H](OC2CCCCC2)O[C@@H]1COCc1ccccc1. The van der Waals surface area contributed by atoms with Crippen LogP contribution in [0.4, 0.5) is 0 Å². The Labute approximate surface area is 138 Å². The summed E-state index contributed by atoms with van der Waals surface area (Å²) in [6, 6.07) is 10.00. The van der Waals surface area contributed by atoms with Crippen molar-refractivity contribution in [3.05, 3.63) is 48.0 Å². The molecule has 0 spiro atoms. The highest BCUT2D eigenvalue weighted by Gasteiger charge is 2.28. The summed E-state index contributed by atoms with van der Waals surface area (Å²) in [4.78, 5) is 0. The fourth-order valence-electron chi connectivity index (χ4n) is 3.10. The summed E-state index contributed by atoms with van der Waals surface area (Å²) in [5, 5.41) is 10.0. The fourth-order valence-corrected chi connectivity index (χ4v) is 3.10. The van der Waals surface area contributed by atoms with E-state index in [1.807, 2.05) is 36.4 Å². The van der Waals surface area contributed by atoms with E-state index in [4.69, 9.17) is 14.2 Å². The molecule has 3 rings (SSSR count). The maximum Gasteiger partial charge on any atom is 0.177 e. The highest BCUT2D eigenvalue weighted by Crippen LogP contribution is 2.24. The van der Waals surface area contributed by atoms with Gasteiger partial charge in [-0.2, -0.15) is 0 Å². The van der Waals surface area contributed by atoms with Crippen LogP contribution in [0.1, 0.15) is 37.7 Å². The van der Waals surface area contributed by atoms with Crippen LogP contribution in [0.2, 0.25) is 0 Å². The van der Waals surface area contributed by atoms with Gasteiger partial charge in [0.05, 0.1) is 19.3 Å². The standard InChI is InChI=1S/C19H26O4/c20-17-11-12-19(22-16-9-5-2-6-10-16)23-18(17)14-21-13-15-7-3-1-4-8-15/h1,3-4,7-8,11-12,16-20H,2,5-6,9-10,13-14H2/t17-,18-,19-/m1/s1. The average molecular weight is 318 g/mol. The van der Waals surface area contributed by atoms with Gasteiger partial charge in [-0.15, -0.1) is 0 Å². The largest absolute Gasteiger partial charge is 0.386 e. The Morgan fingerprint density at radius 3 is 2.61 bits per heavy atom. The van der Waals surface area contributed by atoms with Crippen LogP contribution in [-0.4, -0.2) is 36.3 Å². The summed E-state index contributed by atoms with van der Waals surface area (Å²) < 4.78 is 17.5. The minimum Gasteiger partial charge on any atom is -0.386 e. The summed E-state index contributed by atoms with van der Waals surface area (Å²) in [7, 11) is 0. The number of benzene rings is 1. The molecule has 126 valence electrons. The Morgan fingerprint density at radius 2 is 1.83 bits per heavy atom. The van der Waals surface area contributed by atoms with Gasteiger partial charge in [0.25, 0.3) is 0 Å². The highest BCUT2D eigenvalue weighted by molar-refractivity contribution is 5.13. The van der Waals surface area contributed by atoms with Gasteiger partial charge in [0.1, 0.15) is 12.2 Å². The molecule has 1 fully saturated rings. The van der Waals surface area contributed by atoms with E-state index in [2.05, 4.69) is 0 Å². The quantitative estimate of drug-likeness (QED) is 0.818. The van der Waals surface area contributed by atoms with Crippen LogP contribution in [0, 0.1) is 0 Å². The third-order valence-corrected chi connectivity index (χ3v) is 4.43. The number of rotatable bonds is 6. The molecule has 2 aliphatic rings. The minimum atomic E-state index is -0.642. The molecule has 0 saturated heterocycles. The van der Waals surface area contributed by atoms with Crippen molar-refractivity contribution in [3.8, 4) is 0 Å². The minimum absolute atomic E-state index is 0.277. The first kappa shape index (κ1) is 16.7. The molecule has 23 heavy (non-hydrogen) atoms. The normalized spacial score (nSPS) is 28.8. The molecule has 1 aliphatic heterocycles. The highest BCUT2D eigenvalue weighted by atomic mass is 16.7. The lowest BCUT2D eigenvalue weighted by molar-refractivity contribution is -0.206. The molecule has 1 N–H and O–H groups in total. The van der Waals surface area contributed by atoms with Crippen molar-refractivity contribution < 1.29 is 19.3 Å². The van der Waals surface area contributed by atoms with E-state index in [-0.39, 0.29) is 18.5 Å². The van der Waals surface area contributed by atoms with Crippen molar-refractivity contribution in [2.45, 2.75) is 63.3 Å². The van der Waals surface area contributed by atoms with Gasteiger partial charge < -0.3 is 19.3 Å². The first-order valence-corrected chi connectivity index (χ1v) is 8.60. The maximum atomic E-state index is 10.0. The van der Waals surface area contributed by atoms with E-state index in [1.54, 1.807) is 6.08 Å². The number of hydrogen-bond acceptors (Lipinski definition) is 4. The first-order valence-electron chi connectivity index (χ1n) is 8.60. The lowest BCUT2D eigenvalue weighted by Gasteiger charge is -2.32. The predicted molar refractivity (Wildman–Crippen MR) is 87.9 cm³/mol. The van der Waals surface area contributed by atoms with Crippen molar-refractivity contribution in [1.29, 1.82) is 0 Å². The molecule has 1 aliphatic carbocycles. The van der Waals surface area contributed by atoms with E-state index >= 15 is 0 Å². The Bertz CT molecular complexity index is 481. The second kappa shape index (κ2) is 8.60. The van der Waals surface area contributed by atoms with Crippen LogP contribution in [0.5, 0.6) is 0 Å². The van der Waals surface area contributed by atoms with Gasteiger partial charge in [0.2, 0.25) is 0 Å². The third-order valence-electron chi connectivity index (χ3n) is 4.43. The lowest BCUT2D eigenvalue weighted by Crippen LogP contribution is -2.40. The van der Waals surface area contributed by atoms with Gasteiger partial charge >= 0.3 is 0 Å². The van der Waals surface area contributed by atoms with E-state index in [9.17, 15) is 5.11 Å². The summed E-state index contributed by atoms with van der Waals surface area (Å²) in [5.74, 6) is 0. The van der Waals surface area contributed by atoms with Crippen molar-refractivity contribution >= 4 is 0 Å². The molecule has 3 atom stereocenters. The van der Waals surface area contributed by atoms with Crippen LogP contribution >= 0.6 is 0 Å². The monoisotopic (exact) mass is 318 g/mol. The molecule has 1 aromatic rings. The van der Waals surface area contributed by atoms with Gasteiger partial charge in [-0.3, -0.25) is 0 Å². The fraction of sp³-hybridized carbons (Fsp3) is 0.579. The molecule has 0 radical (unpaired) electrons. The zero-order valence-electron chi connectivity index (χ0n) is 13.5. The van der Waals surface area contributed by atoms with Crippen LogP contribution in [-0.2, 0) is 20.8 Å². The summed E-state index contributed by atoms with van der Waals surface area (Å²) in [6.45, 7) is 0.871. The third kappa shape index (κ3) is 5.15. The number of hydrogen-bond donors (Lipinski definition) is 1. The van der Waals surface area contributed by atoms with Gasteiger partial charge in [-0.25, -0.2) is 0 Å². The molecule has 0 aromatic heterocycles. The molecule has 4 heteroatoms. The summed E-state index contributed by atoms with van der Waals surface area (Å²) >= 11 is 0. The van der Waals surface area contributed by atoms with Crippen LogP contribution in [0.3, 0.4) is 0 Å². The Kier molecular flexibility index (Phi) is 6.22.